The molecule has 0 amide bonds. The molecule has 180 valence electrons. The first kappa shape index (κ1) is 22.3. The largest absolute Gasteiger partial charge is 0.393 e. The third-order valence-corrected chi connectivity index (χ3v) is 10.1. The van der Waals surface area contributed by atoms with Gasteiger partial charge in [0.2, 0.25) is 0 Å². The molecule has 1 aromatic carbocycles. The molecule has 4 aliphatic rings. The molecular weight excluding hydrogens is 418 g/mol. The first-order chi connectivity index (χ1) is 16.4. The normalized spacial score (nSPS) is 36.8. The van der Waals surface area contributed by atoms with E-state index < -0.39 is 0 Å². The van der Waals surface area contributed by atoms with E-state index in [0.717, 1.165) is 43.3 Å². The average Bonchev–Trinajstić information content (AvgIpc) is 3.41. The first-order valence-corrected chi connectivity index (χ1v) is 13.3. The summed E-state index contributed by atoms with van der Waals surface area (Å²) in [5.74, 6) is 2.18. The lowest BCUT2D eigenvalue weighted by Crippen LogP contribution is -2.49. The van der Waals surface area contributed by atoms with Crippen molar-refractivity contribution in [2.75, 3.05) is 7.05 Å². The molecule has 2 fully saturated rings. The predicted molar refractivity (Wildman–Crippen MR) is 137 cm³/mol. The highest BCUT2D eigenvalue weighted by Crippen LogP contribution is 2.66. The Morgan fingerprint density at radius 2 is 1.82 bits per heavy atom. The zero-order valence-electron chi connectivity index (χ0n) is 20.9. The molecule has 1 aromatic heterocycles. The Hall–Kier alpha value is -2.17. The molecule has 2 saturated carbocycles. The molecule has 6 atom stereocenters. The number of hydrogen-bond donors (Lipinski definition) is 2. The SMILES string of the molecule is CNCc1cn(-c2ccccc2)nc1C1=CC[C@H]2[C@@H]3CC=C4C[C@@H](O)CC[C@]4(C)[C@H]3CC[C@]12C. The van der Waals surface area contributed by atoms with Gasteiger partial charge in [0.15, 0.2) is 0 Å². The number of hydrogen-bond acceptors (Lipinski definition) is 3. The maximum Gasteiger partial charge on any atom is 0.0934 e. The van der Waals surface area contributed by atoms with Crippen LogP contribution in [0.4, 0.5) is 0 Å². The van der Waals surface area contributed by atoms with Crippen molar-refractivity contribution in [3.8, 4) is 5.69 Å². The number of allylic oxidation sites excluding steroid dienone is 3. The molecule has 0 spiro atoms. The van der Waals surface area contributed by atoms with E-state index in [0.29, 0.717) is 11.3 Å². The van der Waals surface area contributed by atoms with Crippen molar-refractivity contribution in [3.63, 3.8) is 0 Å². The van der Waals surface area contributed by atoms with E-state index in [4.69, 9.17) is 5.10 Å². The summed E-state index contributed by atoms with van der Waals surface area (Å²) >= 11 is 0. The fourth-order valence-electron chi connectivity index (χ4n) is 8.25. The average molecular weight is 458 g/mol. The number of aliphatic hydroxyl groups is 1. The Morgan fingerprint density at radius 3 is 2.62 bits per heavy atom. The molecule has 34 heavy (non-hydrogen) atoms. The summed E-state index contributed by atoms with van der Waals surface area (Å²) in [4.78, 5) is 0. The van der Waals surface area contributed by atoms with Crippen LogP contribution in [0.25, 0.3) is 11.3 Å². The molecule has 4 aliphatic carbocycles. The van der Waals surface area contributed by atoms with Crippen LogP contribution in [0.2, 0.25) is 0 Å². The van der Waals surface area contributed by atoms with Gasteiger partial charge in [-0.25, -0.2) is 4.68 Å². The highest BCUT2D eigenvalue weighted by molar-refractivity contribution is 5.73. The molecular formula is C30H39N3O. The Kier molecular flexibility index (Phi) is 5.38. The smallest absolute Gasteiger partial charge is 0.0934 e. The number of fused-ring (bicyclic) bond motifs is 5. The Balaban J connectivity index is 1.34. The Morgan fingerprint density at radius 1 is 1.03 bits per heavy atom. The molecule has 2 N–H and O–H groups in total. The van der Waals surface area contributed by atoms with Gasteiger partial charge >= 0.3 is 0 Å². The molecule has 0 radical (unpaired) electrons. The van der Waals surface area contributed by atoms with Crippen LogP contribution in [0, 0.1) is 28.6 Å². The zero-order valence-corrected chi connectivity index (χ0v) is 20.9. The van der Waals surface area contributed by atoms with E-state index >= 15 is 0 Å². The zero-order chi connectivity index (χ0) is 23.5. The van der Waals surface area contributed by atoms with Gasteiger partial charge in [0.1, 0.15) is 0 Å². The quantitative estimate of drug-likeness (QED) is 0.561. The minimum atomic E-state index is -0.130. The number of para-hydroxylation sites is 1. The van der Waals surface area contributed by atoms with E-state index in [9.17, 15) is 5.11 Å². The van der Waals surface area contributed by atoms with Crippen molar-refractivity contribution in [3.05, 3.63) is 65.5 Å². The number of nitrogens with zero attached hydrogens (tertiary/aromatic N) is 2. The van der Waals surface area contributed by atoms with E-state index in [-0.39, 0.29) is 11.5 Å². The minimum Gasteiger partial charge on any atom is -0.393 e. The van der Waals surface area contributed by atoms with Crippen LogP contribution in [0.5, 0.6) is 0 Å². The molecule has 0 saturated heterocycles. The van der Waals surface area contributed by atoms with Gasteiger partial charge in [0.05, 0.1) is 17.5 Å². The number of aliphatic hydroxyl groups excluding tert-OH is 1. The minimum absolute atomic E-state index is 0.130. The van der Waals surface area contributed by atoms with Gasteiger partial charge in [-0.15, -0.1) is 0 Å². The van der Waals surface area contributed by atoms with Gasteiger partial charge in [-0.2, -0.15) is 5.10 Å². The highest BCUT2D eigenvalue weighted by Gasteiger charge is 2.57. The van der Waals surface area contributed by atoms with Gasteiger partial charge in [0, 0.05) is 18.3 Å². The predicted octanol–water partition coefficient (Wildman–Crippen LogP) is 5.91. The van der Waals surface area contributed by atoms with Crippen LogP contribution in [-0.2, 0) is 6.54 Å². The summed E-state index contributed by atoms with van der Waals surface area (Å²) in [5, 5.41) is 18.9. The second-order valence-corrected chi connectivity index (χ2v) is 11.8. The van der Waals surface area contributed by atoms with Gasteiger partial charge in [0.25, 0.3) is 0 Å². The summed E-state index contributed by atoms with van der Waals surface area (Å²) < 4.78 is 2.06. The van der Waals surface area contributed by atoms with Crippen LogP contribution in [0.15, 0.2) is 54.3 Å². The lowest BCUT2D eigenvalue weighted by Gasteiger charge is -2.57. The van der Waals surface area contributed by atoms with Gasteiger partial charge < -0.3 is 10.4 Å². The van der Waals surface area contributed by atoms with E-state index in [2.05, 4.69) is 72.5 Å². The maximum absolute atomic E-state index is 10.3. The molecule has 6 rings (SSSR count). The van der Waals surface area contributed by atoms with Crippen molar-refractivity contribution in [1.29, 1.82) is 0 Å². The van der Waals surface area contributed by atoms with E-state index in [1.54, 1.807) is 5.57 Å². The van der Waals surface area contributed by atoms with Gasteiger partial charge in [-0.05, 0) is 98.3 Å². The van der Waals surface area contributed by atoms with Crippen molar-refractivity contribution in [2.24, 2.45) is 28.6 Å². The monoisotopic (exact) mass is 457 g/mol. The summed E-state index contributed by atoms with van der Waals surface area (Å²) in [6, 6.07) is 10.5. The third-order valence-electron chi connectivity index (χ3n) is 10.1. The van der Waals surface area contributed by atoms with Gasteiger partial charge in [-0.3, -0.25) is 0 Å². The molecule has 4 heteroatoms. The number of benzene rings is 1. The van der Waals surface area contributed by atoms with Crippen molar-refractivity contribution in [2.45, 2.75) is 71.4 Å². The topological polar surface area (TPSA) is 50.1 Å². The van der Waals surface area contributed by atoms with Crippen molar-refractivity contribution in [1.82, 2.24) is 15.1 Å². The highest BCUT2D eigenvalue weighted by atomic mass is 16.3. The molecule has 0 bridgehead atoms. The maximum atomic E-state index is 10.3. The fourth-order valence-corrected chi connectivity index (χ4v) is 8.25. The summed E-state index contributed by atoms with van der Waals surface area (Å²) in [6.07, 6.45) is 15.1. The van der Waals surface area contributed by atoms with Crippen LogP contribution in [0.1, 0.15) is 70.1 Å². The second-order valence-electron chi connectivity index (χ2n) is 11.8. The molecule has 0 aliphatic heterocycles. The molecule has 2 aromatic rings. The van der Waals surface area contributed by atoms with E-state index in [1.165, 1.54) is 42.5 Å². The van der Waals surface area contributed by atoms with Crippen LogP contribution in [0.3, 0.4) is 0 Å². The Bertz CT molecular complexity index is 1130. The third kappa shape index (κ3) is 3.29. The molecule has 0 unspecified atom stereocenters. The summed E-state index contributed by atoms with van der Waals surface area (Å²) in [6.45, 7) is 5.88. The van der Waals surface area contributed by atoms with E-state index in [1.807, 2.05) is 7.05 Å². The standard InChI is InChI=1S/C30H39N3O/c1-29-15-13-23(34)17-21(29)9-10-24-25-11-12-27(30(25,2)16-14-26(24)29)28-20(18-31-3)19-33(32-28)22-7-5-4-6-8-22/h4-9,12,19,23-26,31,34H,10-11,13-18H2,1-3H3/t23-,24-,25-,26-,29-,30-/m0/s1. The molecule has 4 nitrogen and oxygen atoms in total. The number of nitrogens with one attached hydrogen (secondary N) is 1. The Labute approximate surface area is 204 Å². The van der Waals surface area contributed by atoms with Gasteiger partial charge in [-0.1, -0.05) is 49.8 Å². The number of aromatic nitrogens is 2. The van der Waals surface area contributed by atoms with Crippen LogP contribution in [-0.4, -0.2) is 28.0 Å². The summed E-state index contributed by atoms with van der Waals surface area (Å²) in [7, 11) is 2.02. The van der Waals surface area contributed by atoms with Crippen LogP contribution >= 0.6 is 0 Å². The number of rotatable bonds is 4. The lowest BCUT2D eigenvalue weighted by atomic mass is 9.47. The molecule has 1 heterocycles. The van der Waals surface area contributed by atoms with Crippen molar-refractivity contribution < 1.29 is 5.11 Å². The second kappa shape index (κ2) is 8.20. The van der Waals surface area contributed by atoms with Crippen molar-refractivity contribution >= 4 is 5.57 Å². The lowest BCUT2D eigenvalue weighted by molar-refractivity contribution is -0.0238. The summed E-state index contributed by atoms with van der Waals surface area (Å²) in [5.41, 5.74) is 7.12. The fraction of sp³-hybridized carbons (Fsp3) is 0.567. The van der Waals surface area contributed by atoms with Crippen LogP contribution < -0.4 is 5.32 Å². The first-order valence-electron chi connectivity index (χ1n) is 13.3.